The van der Waals surface area contributed by atoms with Crippen molar-refractivity contribution in [3.05, 3.63) is 41.5 Å². The lowest BCUT2D eigenvalue weighted by Gasteiger charge is -2.34. The molecule has 0 bridgehead atoms. The molecule has 0 spiro atoms. The highest BCUT2D eigenvalue weighted by Crippen LogP contribution is 2.31. The molecule has 1 saturated heterocycles. The summed E-state index contributed by atoms with van der Waals surface area (Å²) in [5, 5.41) is 6.75. The SMILES string of the molecule is C[C@H]1Cn2ncc(N3CCC[S+]3[O-])c2CN1C(=O)Nc1cc(F)c(F)c(F)c1. The molecule has 7 nitrogen and oxygen atoms in total. The third-order valence-corrected chi connectivity index (χ3v) is 6.42. The summed E-state index contributed by atoms with van der Waals surface area (Å²) in [5.74, 6) is -3.75. The molecular formula is C17H18F3N5O2S. The van der Waals surface area contributed by atoms with Crippen LogP contribution in [0.1, 0.15) is 19.0 Å². The van der Waals surface area contributed by atoms with E-state index >= 15 is 0 Å². The van der Waals surface area contributed by atoms with Crippen molar-refractivity contribution >= 4 is 28.8 Å². The summed E-state index contributed by atoms with van der Waals surface area (Å²) in [4.78, 5) is 14.2. The van der Waals surface area contributed by atoms with Gasteiger partial charge < -0.3 is 14.8 Å². The van der Waals surface area contributed by atoms with Gasteiger partial charge in [-0.05, 0) is 6.92 Å². The van der Waals surface area contributed by atoms with E-state index in [1.807, 2.05) is 6.92 Å². The molecule has 1 aromatic carbocycles. The van der Waals surface area contributed by atoms with Gasteiger partial charge in [-0.3, -0.25) is 4.68 Å². The Morgan fingerprint density at radius 2 is 2.04 bits per heavy atom. The first-order valence-corrected chi connectivity index (χ1v) is 10.1. The maximum absolute atomic E-state index is 13.4. The van der Waals surface area contributed by atoms with Crippen molar-refractivity contribution in [2.24, 2.45) is 0 Å². The van der Waals surface area contributed by atoms with Crippen LogP contribution in [-0.2, 0) is 24.5 Å². The van der Waals surface area contributed by atoms with E-state index in [9.17, 15) is 22.5 Å². The van der Waals surface area contributed by atoms with Crippen molar-refractivity contribution in [1.82, 2.24) is 14.7 Å². The molecule has 2 aliphatic rings. The summed E-state index contributed by atoms with van der Waals surface area (Å²) in [7, 11) is 0. The fourth-order valence-electron chi connectivity index (χ4n) is 3.46. The zero-order valence-electron chi connectivity index (χ0n) is 15.0. The van der Waals surface area contributed by atoms with Gasteiger partial charge in [-0.1, -0.05) is 0 Å². The van der Waals surface area contributed by atoms with Gasteiger partial charge in [0.25, 0.3) is 0 Å². The summed E-state index contributed by atoms with van der Waals surface area (Å²) in [6, 6.07) is 0.653. The number of carbonyl (C=O) groups is 1. The fraction of sp³-hybridized carbons (Fsp3) is 0.412. The van der Waals surface area contributed by atoms with Gasteiger partial charge in [-0.25, -0.2) is 18.0 Å². The van der Waals surface area contributed by atoms with Crippen LogP contribution in [0, 0.1) is 17.5 Å². The van der Waals surface area contributed by atoms with Gasteiger partial charge >= 0.3 is 6.03 Å². The van der Waals surface area contributed by atoms with Crippen LogP contribution in [0.15, 0.2) is 18.3 Å². The summed E-state index contributed by atoms with van der Waals surface area (Å²) in [6.07, 6.45) is 2.47. The van der Waals surface area contributed by atoms with Crippen LogP contribution >= 0.6 is 0 Å². The first-order chi connectivity index (χ1) is 13.3. The van der Waals surface area contributed by atoms with E-state index in [4.69, 9.17) is 0 Å². The third-order valence-electron chi connectivity index (χ3n) is 4.91. The van der Waals surface area contributed by atoms with Crippen LogP contribution < -0.4 is 9.62 Å². The summed E-state index contributed by atoms with van der Waals surface area (Å²) in [5.41, 5.74) is 1.30. The predicted octanol–water partition coefficient (Wildman–Crippen LogP) is 2.61. The van der Waals surface area contributed by atoms with Crippen LogP contribution in [0.4, 0.5) is 29.3 Å². The average molecular weight is 413 g/mol. The Morgan fingerprint density at radius 1 is 1.32 bits per heavy atom. The normalized spacial score (nSPS) is 21.8. The second kappa shape index (κ2) is 7.21. The van der Waals surface area contributed by atoms with Crippen molar-refractivity contribution < 1.29 is 22.5 Å². The van der Waals surface area contributed by atoms with Gasteiger partial charge in [-0.15, -0.1) is 0 Å². The first-order valence-electron chi connectivity index (χ1n) is 8.78. The first kappa shape index (κ1) is 18.9. The number of nitrogens with zero attached hydrogens (tertiary/aromatic N) is 4. The molecule has 2 aromatic rings. The van der Waals surface area contributed by atoms with E-state index in [1.165, 1.54) is 4.90 Å². The third kappa shape index (κ3) is 3.28. The van der Waals surface area contributed by atoms with E-state index in [0.717, 1.165) is 29.9 Å². The van der Waals surface area contributed by atoms with Crippen LogP contribution in [0.3, 0.4) is 0 Å². The van der Waals surface area contributed by atoms with E-state index in [2.05, 4.69) is 10.4 Å². The Kier molecular flexibility index (Phi) is 4.88. The molecule has 150 valence electrons. The molecule has 1 unspecified atom stereocenters. The molecule has 0 radical (unpaired) electrons. The molecule has 3 heterocycles. The van der Waals surface area contributed by atoms with E-state index in [0.29, 0.717) is 18.8 Å². The van der Waals surface area contributed by atoms with Gasteiger partial charge in [0.15, 0.2) is 17.5 Å². The Labute approximate surface area is 162 Å². The molecule has 1 N–H and O–H groups in total. The number of fused-ring (bicyclic) bond motifs is 1. The van der Waals surface area contributed by atoms with Gasteiger partial charge in [-0.2, -0.15) is 9.40 Å². The summed E-state index contributed by atoms with van der Waals surface area (Å²) < 4.78 is 55.6. The van der Waals surface area contributed by atoms with Crippen molar-refractivity contribution in [3.63, 3.8) is 0 Å². The van der Waals surface area contributed by atoms with Crippen LogP contribution in [-0.4, -0.2) is 43.6 Å². The average Bonchev–Trinajstić information content (AvgIpc) is 3.24. The molecule has 2 aliphatic heterocycles. The van der Waals surface area contributed by atoms with Gasteiger partial charge in [0.1, 0.15) is 11.4 Å². The number of anilines is 2. The van der Waals surface area contributed by atoms with Gasteiger partial charge in [0.2, 0.25) is 0 Å². The molecular weight excluding hydrogens is 395 g/mol. The number of urea groups is 1. The second-order valence-corrected chi connectivity index (χ2v) is 8.29. The molecule has 28 heavy (non-hydrogen) atoms. The number of hydrogen-bond acceptors (Lipinski definition) is 4. The van der Waals surface area contributed by atoms with Gasteiger partial charge in [0, 0.05) is 24.2 Å². The molecule has 0 aliphatic carbocycles. The van der Waals surface area contributed by atoms with Crippen LogP contribution in [0.5, 0.6) is 0 Å². The second-order valence-electron chi connectivity index (χ2n) is 6.80. The topological polar surface area (TPSA) is 76.5 Å². The largest absolute Gasteiger partial charge is 0.593 e. The lowest BCUT2D eigenvalue weighted by atomic mass is 10.2. The molecule has 1 fully saturated rings. The smallest absolute Gasteiger partial charge is 0.322 e. The maximum Gasteiger partial charge on any atom is 0.322 e. The lowest BCUT2D eigenvalue weighted by molar-refractivity contribution is 0.161. The molecule has 2 amide bonds. The standard InChI is InChI=1S/C17H18F3N5O2S/c1-10-8-24-15(14(7-21-24)25-3-2-4-28(25)27)9-23(10)17(26)22-11-5-12(18)16(20)13(19)6-11/h5-7,10H,2-4,8-9H2,1H3,(H,22,26)/t10-,28?/m0/s1. The molecule has 2 atom stereocenters. The zero-order chi connectivity index (χ0) is 20.0. The highest BCUT2D eigenvalue weighted by atomic mass is 32.2. The molecule has 11 heteroatoms. The summed E-state index contributed by atoms with van der Waals surface area (Å²) in [6.45, 7) is 3.10. The van der Waals surface area contributed by atoms with Crippen LogP contribution in [0.25, 0.3) is 0 Å². The lowest BCUT2D eigenvalue weighted by Crippen LogP contribution is -2.47. The number of nitrogens with one attached hydrogen (secondary N) is 1. The van der Waals surface area contributed by atoms with Gasteiger partial charge in [0.05, 0.1) is 48.9 Å². The van der Waals surface area contributed by atoms with E-state index in [1.54, 1.807) is 15.2 Å². The minimum Gasteiger partial charge on any atom is -0.593 e. The number of rotatable bonds is 2. The predicted molar refractivity (Wildman–Crippen MR) is 97.5 cm³/mol. The number of hydrogen-bond donors (Lipinski definition) is 1. The number of carbonyl (C=O) groups excluding carboxylic acids is 1. The highest BCUT2D eigenvalue weighted by molar-refractivity contribution is 7.93. The number of halogens is 3. The quantitative estimate of drug-likeness (QED) is 0.607. The zero-order valence-corrected chi connectivity index (χ0v) is 15.8. The molecule has 0 saturated carbocycles. The minimum atomic E-state index is -1.59. The van der Waals surface area contributed by atoms with E-state index in [-0.39, 0.29) is 18.3 Å². The van der Waals surface area contributed by atoms with Crippen molar-refractivity contribution in [2.45, 2.75) is 32.5 Å². The number of aromatic nitrogens is 2. The van der Waals surface area contributed by atoms with E-state index < -0.39 is 34.8 Å². The van der Waals surface area contributed by atoms with Crippen molar-refractivity contribution in [2.75, 3.05) is 21.9 Å². The Bertz CT molecular complexity index is 901. The monoisotopic (exact) mass is 413 g/mol. The maximum atomic E-state index is 13.4. The van der Waals surface area contributed by atoms with Crippen molar-refractivity contribution in [3.8, 4) is 0 Å². The van der Waals surface area contributed by atoms with Crippen LogP contribution in [0.2, 0.25) is 0 Å². The minimum absolute atomic E-state index is 0.173. The molecule has 4 rings (SSSR count). The molecule has 1 aromatic heterocycles. The number of amides is 2. The van der Waals surface area contributed by atoms with Crippen molar-refractivity contribution in [1.29, 1.82) is 0 Å². The number of benzene rings is 1. The Morgan fingerprint density at radius 3 is 2.68 bits per heavy atom. The highest BCUT2D eigenvalue weighted by Gasteiger charge is 2.35. The Hall–Kier alpha value is -2.40. The summed E-state index contributed by atoms with van der Waals surface area (Å²) >= 11 is -1.12. The Balaban J connectivity index is 1.55. The fourth-order valence-corrected chi connectivity index (χ4v) is 4.76.